The van der Waals surface area contributed by atoms with E-state index >= 15 is 0 Å². The second-order valence-corrected chi connectivity index (χ2v) is 7.59. The van der Waals surface area contributed by atoms with E-state index < -0.39 is 5.92 Å². The Morgan fingerprint density at radius 2 is 1.97 bits per heavy atom. The summed E-state index contributed by atoms with van der Waals surface area (Å²) in [6, 6.07) is 15.7. The molecule has 0 saturated carbocycles. The van der Waals surface area contributed by atoms with Gasteiger partial charge in [0.1, 0.15) is 5.82 Å². The van der Waals surface area contributed by atoms with Gasteiger partial charge >= 0.3 is 0 Å². The molecule has 3 heterocycles. The monoisotopic (exact) mass is 408 g/mol. The van der Waals surface area contributed by atoms with Crippen molar-refractivity contribution in [3.63, 3.8) is 0 Å². The van der Waals surface area contributed by atoms with Crippen molar-refractivity contribution in [1.29, 1.82) is 5.26 Å². The molecule has 1 aromatic carbocycles. The van der Waals surface area contributed by atoms with Crippen molar-refractivity contribution >= 4 is 11.5 Å². The van der Waals surface area contributed by atoms with Crippen LogP contribution in [0.5, 0.6) is 0 Å². The minimum Gasteiger partial charge on any atom is -0.384 e. The van der Waals surface area contributed by atoms with Gasteiger partial charge in [0.05, 0.1) is 41.3 Å². The first kappa shape index (κ1) is 18.8. The van der Waals surface area contributed by atoms with Crippen LogP contribution in [-0.4, -0.2) is 21.0 Å². The van der Waals surface area contributed by atoms with Crippen molar-refractivity contribution in [2.45, 2.75) is 25.2 Å². The SMILES string of the molecule is N#CC1=C(N)N(c2cccnc2)C2=C(C(=O)CCC2)[C@H]1c1cn[nH]c1-c1ccccc1. The number of Topliss-reactive ketones (excluding diaryl/α,β-unsaturated/α-hetero) is 1. The van der Waals surface area contributed by atoms with Crippen LogP contribution in [-0.2, 0) is 4.79 Å². The third-order valence-electron chi connectivity index (χ3n) is 5.86. The number of H-pyrrole nitrogens is 1. The highest BCUT2D eigenvalue weighted by Crippen LogP contribution is 2.47. The molecule has 2 aromatic heterocycles. The zero-order valence-corrected chi connectivity index (χ0v) is 16.7. The van der Waals surface area contributed by atoms with E-state index in [0.29, 0.717) is 29.8 Å². The molecule has 7 heteroatoms. The number of aromatic amines is 1. The van der Waals surface area contributed by atoms with Gasteiger partial charge in [0.2, 0.25) is 0 Å². The molecule has 5 rings (SSSR count). The van der Waals surface area contributed by atoms with E-state index in [1.807, 2.05) is 47.4 Å². The minimum atomic E-state index is -0.560. The molecule has 31 heavy (non-hydrogen) atoms. The van der Waals surface area contributed by atoms with E-state index in [1.54, 1.807) is 18.6 Å². The molecular weight excluding hydrogens is 388 g/mol. The standard InChI is InChI=1S/C24H20N6O/c25-12-17-21(18-14-28-29-23(18)15-6-2-1-3-7-15)22-19(9-4-10-20(22)31)30(24(17)26)16-8-5-11-27-13-16/h1-3,5-8,11,13-14,21H,4,9-10,26H2,(H,28,29)/t21-/m1/s1. The third-order valence-corrected chi connectivity index (χ3v) is 5.86. The summed E-state index contributed by atoms with van der Waals surface area (Å²) in [6.07, 6.45) is 6.97. The highest BCUT2D eigenvalue weighted by Gasteiger charge is 2.41. The average Bonchev–Trinajstić information content (AvgIpc) is 3.29. The van der Waals surface area contributed by atoms with E-state index in [4.69, 9.17) is 5.73 Å². The number of nitrogens with two attached hydrogens (primary N) is 1. The van der Waals surface area contributed by atoms with Crippen LogP contribution in [0.3, 0.4) is 0 Å². The van der Waals surface area contributed by atoms with E-state index in [2.05, 4.69) is 21.3 Å². The molecule has 3 N–H and O–H groups in total. The number of carbonyl (C=O) groups excluding carboxylic acids is 1. The minimum absolute atomic E-state index is 0.0422. The summed E-state index contributed by atoms with van der Waals surface area (Å²) in [7, 11) is 0. The van der Waals surface area contributed by atoms with Crippen LogP contribution in [0.2, 0.25) is 0 Å². The maximum absolute atomic E-state index is 13.2. The highest BCUT2D eigenvalue weighted by atomic mass is 16.1. The lowest BCUT2D eigenvalue weighted by Crippen LogP contribution is -2.38. The molecule has 1 aliphatic carbocycles. The summed E-state index contributed by atoms with van der Waals surface area (Å²) in [5.41, 5.74) is 11.6. The quantitative estimate of drug-likeness (QED) is 0.682. The van der Waals surface area contributed by atoms with E-state index in [1.165, 1.54) is 0 Å². The van der Waals surface area contributed by atoms with Gasteiger partial charge in [-0.3, -0.25) is 19.8 Å². The van der Waals surface area contributed by atoms with Gasteiger partial charge in [-0.25, -0.2) is 0 Å². The molecule has 0 radical (unpaired) electrons. The molecule has 0 fully saturated rings. The number of benzene rings is 1. The van der Waals surface area contributed by atoms with Crippen LogP contribution in [0.1, 0.15) is 30.7 Å². The molecule has 3 aromatic rings. The Kier molecular flexibility index (Phi) is 4.60. The second kappa shape index (κ2) is 7.58. The zero-order valence-electron chi connectivity index (χ0n) is 16.7. The van der Waals surface area contributed by atoms with Gasteiger partial charge in [0, 0.05) is 29.5 Å². The molecule has 0 amide bonds. The number of hydrogen-bond acceptors (Lipinski definition) is 6. The van der Waals surface area contributed by atoms with Crippen molar-refractivity contribution in [1.82, 2.24) is 15.2 Å². The van der Waals surface area contributed by atoms with Crippen molar-refractivity contribution in [2.24, 2.45) is 5.73 Å². The maximum Gasteiger partial charge on any atom is 0.161 e. The summed E-state index contributed by atoms with van der Waals surface area (Å²) in [5.74, 6) is -0.190. The molecule has 0 saturated heterocycles. The first-order chi connectivity index (χ1) is 15.2. The van der Waals surface area contributed by atoms with Gasteiger partial charge in [-0.15, -0.1) is 0 Å². The number of hydrogen-bond donors (Lipinski definition) is 2. The molecular formula is C24H20N6O. The molecule has 0 bridgehead atoms. The predicted octanol–water partition coefficient (Wildman–Crippen LogP) is 3.78. The second-order valence-electron chi connectivity index (χ2n) is 7.59. The number of ketones is 1. The lowest BCUT2D eigenvalue weighted by molar-refractivity contribution is -0.116. The largest absolute Gasteiger partial charge is 0.384 e. The summed E-state index contributed by atoms with van der Waals surface area (Å²) in [6.45, 7) is 0. The molecule has 152 valence electrons. The van der Waals surface area contributed by atoms with Gasteiger partial charge in [0.25, 0.3) is 0 Å². The zero-order chi connectivity index (χ0) is 21.4. The number of nitrogens with zero attached hydrogens (tertiary/aromatic N) is 4. The molecule has 2 aliphatic rings. The Labute approximate surface area is 179 Å². The summed E-state index contributed by atoms with van der Waals surface area (Å²) in [5, 5.41) is 17.4. The Bertz CT molecular complexity index is 1250. The van der Waals surface area contributed by atoms with Gasteiger partial charge < -0.3 is 5.73 Å². The van der Waals surface area contributed by atoms with Crippen molar-refractivity contribution in [3.05, 3.63) is 89.3 Å². The smallest absolute Gasteiger partial charge is 0.161 e. The van der Waals surface area contributed by atoms with Crippen LogP contribution in [0, 0.1) is 11.3 Å². The van der Waals surface area contributed by atoms with Crippen LogP contribution >= 0.6 is 0 Å². The summed E-state index contributed by atoms with van der Waals surface area (Å²) in [4.78, 5) is 19.2. The number of carbonyl (C=O) groups is 1. The van der Waals surface area contributed by atoms with Crippen molar-refractivity contribution in [2.75, 3.05) is 4.90 Å². The number of nitrogens with one attached hydrogen (secondary N) is 1. The molecule has 1 aliphatic heterocycles. The number of allylic oxidation sites excluding steroid dienone is 3. The van der Waals surface area contributed by atoms with Gasteiger partial charge in [-0.1, -0.05) is 30.3 Å². The number of anilines is 1. The fourth-order valence-corrected chi connectivity index (χ4v) is 4.53. The van der Waals surface area contributed by atoms with Gasteiger partial charge in [-0.05, 0) is 30.5 Å². The maximum atomic E-state index is 13.2. The topological polar surface area (TPSA) is 112 Å². The fraction of sp³-hybridized carbons (Fsp3) is 0.167. The normalized spacial score (nSPS) is 18.7. The lowest BCUT2D eigenvalue weighted by atomic mass is 9.75. The fourth-order valence-electron chi connectivity index (χ4n) is 4.53. The molecule has 1 atom stereocenters. The van der Waals surface area contributed by atoms with Crippen LogP contribution < -0.4 is 10.6 Å². The highest BCUT2D eigenvalue weighted by molar-refractivity contribution is 6.01. The molecule has 0 unspecified atom stereocenters. The van der Waals surface area contributed by atoms with E-state index in [0.717, 1.165) is 34.6 Å². The van der Waals surface area contributed by atoms with Gasteiger partial charge in [0.15, 0.2) is 5.78 Å². The Hall–Kier alpha value is -4.18. The van der Waals surface area contributed by atoms with Gasteiger partial charge in [-0.2, -0.15) is 10.4 Å². The van der Waals surface area contributed by atoms with Crippen molar-refractivity contribution in [3.8, 4) is 17.3 Å². The first-order valence-corrected chi connectivity index (χ1v) is 10.2. The lowest BCUT2D eigenvalue weighted by Gasteiger charge is -2.39. The van der Waals surface area contributed by atoms with Crippen LogP contribution in [0.25, 0.3) is 11.3 Å². The van der Waals surface area contributed by atoms with E-state index in [9.17, 15) is 10.1 Å². The Balaban J connectivity index is 1.75. The van der Waals surface area contributed by atoms with E-state index in [-0.39, 0.29) is 5.78 Å². The number of rotatable bonds is 3. The Morgan fingerprint density at radius 1 is 1.13 bits per heavy atom. The average molecular weight is 408 g/mol. The number of nitriles is 1. The number of pyridine rings is 1. The number of aromatic nitrogens is 3. The third kappa shape index (κ3) is 3.01. The molecule has 0 spiro atoms. The predicted molar refractivity (Wildman–Crippen MR) is 116 cm³/mol. The molecule has 7 nitrogen and oxygen atoms in total. The van der Waals surface area contributed by atoms with Crippen LogP contribution in [0.15, 0.2) is 83.7 Å². The van der Waals surface area contributed by atoms with Crippen LogP contribution in [0.4, 0.5) is 5.69 Å². The Morgan fingerprint density at radius 3 is 2.71 bits per heavy atom. The first-order valence-electron chi connectivity index (χ1n) is 10.2. The summed E-state index contributed by atoms with van der Waals surface area (Å²) >= 11 is 0. The van der Waals surface area contributed by atoms with Crippen molar-refractivity contribution < 1.29 is 4.79 Å². The summed E-state index contributed by atoms with van der Waals surface area (Å²) < 4.78 is 0.